The standard InChI is InChI=1S/C16H30N4O/c1-7-9-17-13-12(3)14(20(8-2)10-11-21)19-15(18-13)16(4,5)6/h21H,7-11H2,1-6H3,(H,17,18,19). The maximum Gasteiger partial charge on any atom is 0.138 e. The van der Waals surface area contributed by atoms with Crippen LogP contribution in [0.5, 0.6) is 0 Å². The minimum atomic E-state index is -0.107. The van der Waals surface area contributed by atoms with Crippen LogP contribution in [0.25, 0.3) is 0 Å². The molecule has 0 radical (unpaired) electrons. The average molecular weight is 294 g/mol. The maximum atomic E-state index is 9.26. The summed E-state index contributed by atoms with van der Waals surface area (Å²) in [6.45, 7) is 15.0. The summed E-state index contributed by atoms with van der Waals surface area (Å²) in [7, 11) is 0. The Hall–Kier alpha value is -1.36. The molecular formula is C16H30N4O. The van der Waals surface area contributed by atoms with E-state index in [-0.39, 0.29) is 12.0 Å². The van der Waals surface area contributed by atoms with Crippen LogP contribution in [0.3, 0.4) is 0 Å². The zero-order chi connectivity index (χ0) is 16.0. The van der Waals surface area contributed by atoms with Crippen LogP contribution < -0.4 is 10.2 Å². The number of aliphatic hydroxyl groups is 1. The summed E-state index contributed by atoms with van der Waals surface area (Å²) in [6.07, 6.45) is 1.05. The fraction of sp³-hybridized carbons (Fsp3) is 0.750. The summed E-state index contributed by atoms with van der Waals surface area (Å²) in [5, 5.41) is 12.7. The minimum Gasteiger partial charge on any atom is -0.395 e. The largest absolute Gasteiger partial charge is 0.395 e. The van der Waals surface area contributed by atoms with Crippen molar-refractivity contribution < 1.29 is 5.11 Å². The molecule has 0 fully saturated rings. The summed E-state index contributed by atoms with van der Waals surface area (Å²) in [5.41, 5.74) is 0.940. The average Bonchev–Trinajstić information content (AvgIpc) is 2.42. The second kappa shape index (κ2) is 7.59. The zero-order valence-corrected chi connectivity index (χ0v) is 14.3. The Bertz CT molecular complexity index is 454. The lowest BCUT2D eigenvalue weighted by molar-refractivity contribution is 0.302. The first kappa shape index (κ1) is 17.7. The van der Waals surface area contributed by atoms with Crippen molar-refractivity contribution >= 4 is 11.6 Å². The summed E-state index contributed by atoms with van der Waals surface area (Å²) in [6, 6.07) is 0. The fourth-order valence-electron chi connectivity index (χ4n) is 2.10. The number of likely N-dealkylation sites (N-methyl/N-ethyl adjacent to an activating group) is 1. The zero-order valence-electron chi connectivity index (χ0n) is 14.3. The Morgan fingerprint density at radius 1 is 1.19 bits per heavy atom. The predicted molar refractivity (Wildman–Crippen MR) is 89.2 cm³/mol. The molecule has 0 aliphatic rings. The molecule has 0 amide bonds. The number of hydrogen-bond acceptors (Lipinski definition) is 5. The van der Waals surface area contributed by atoms with E-state index < -0.39 is 0 Å². The van der Waals surface area contributed by atoms with Gasteiger partial charge in [-0.05, 0) is 20.3 Å². The highest BCUT2D eigenvalue weighted by molar-refractivity contribution is 5.59. The summed E-state index contributed by atoms with van der Waals surface area (Å²) in [5.74, 6) is 2.66. The van der Waals surface area contributed by atoms with Gasteiger partial charge in [0, 0.05) is 30.6 Å². The highest BCUT2D eigenvalue weighted by Crippen LogP contribution is 2.28. The first-order valence-corrected chi connectivity index (χ1v) is 7.83. The predicted octanol–water partition coefficient (Wildman–Crippen LogP) is 2.72. The van der Waals surface area contributed by atoms with E-state index in [0.717, 1.165) is 42.5 Å². The molecule has 1 aromatic heterocycles. The molecule has 5 nitrogen and oxygen atoms in total. The summed E-state index contributed by atoms with van der Waals surface area (Å²) < 4.78 is 0. The number of rotatable bonds is 7. The monoisotopic (exact) mass is 294 g/mol. The van der Waals surface area contributed by atoms with Crippen LogP contribution in [-0.4, -0.2) is 41.3 Å². The van der Waals surface area contributed by atoms with Gasteiger partial charge in [0.15, 0.2) is 0 Å². The third kappa shape index (κ3) is 4.56. The van der Waals surface area contributed by atoms with Gasteiger partial charge in [0.05, 0.1) is 6.61 Å². The Morgan fingerprint density at radius 3 is 2.33 bits per heavy atom. The number of aromatic nitrogens is 2. The van der Waals surface area contributed by atoms with Crippen molar-refractivity contribution in [3.8, 4) is 0 Å². The van der Waals surface area contributed by atoms with Crippen LogP contribution >= 0.6 is 0 Å². The van der Waals surface area contributed by atoms with Gasteiger partial charge in [-0.3, -0.25) is 0 Å². The summed E-state index contributed by atoms with van der Waals surface area (Å²) >= 11 is 0. The van der Waals surface area contributed by atoms with Crippen LogP contribution in [0, 0.1) is 6.92 Å². The smallest absolute Gasteiger partial charge is 0.138 e. The minimum absolute atomic E-state index is 0.107. The van der Waals surface area contributed by atoms with Crippen molar-refractivity contribution in [2.45, 2.75) is 53.4 Å². The molecule has 0 aliphatic carbocycles. The number of aliphatic hydroxyl groups excluding tert-OH is 1. The van der Waals surface area contributed by atoms with Crippen LogP contribution in [-0.2, 0) is 5.41 Å². The first-order valence-electron chi connectivity index (χ1n) is 7.83. The van der Waals surface area contributed by atoms with Gasteiger partial charge < -0.3 is 15.3 Å². The molecule has 0 saturated heterocycles. The number of anilines is 2. The fourth-order valence-corrected chi connectivity index (χ4v) is 2.10. The topological polar surface area (TPSA) is 61.3 Å². The van der Waals surface area contributed by atoms with E-state index in [1.807, 2.05) is 6.92 Å². The SMILES string of the molecule is CCCNc1nc(C(C)(C)C)nc(N(CC)CCO)c1C. The van der Waals surface area contributed by atoms with Crippen molar-refractivity contribution in [3.63, 3.8) is 0 Å². The van der Waals surface area contributed by atoms with Crippen molar-refractivity contribution in [1.29, 1.82) is 0 Å². The highest BCUT2D eigenvalue weighted by Gasteiger charge is 2.22. The molecule has 0 aliphatic heterocycles. The third-order valence-corrected chi connectivity index (χ3v) is 3.38. The number of hydrogen-bond donors (Lipinski definition) is 2. The Labute approximate surface area is 128 Å². The highest BCUT2D eigenvalue weighted by atomic mass is 16.3. The first-order chi connectivity index (χ1) is 9.85. The molecule has 1 aromatic rings. The molecule has 2 N–H and O–H groups in total. The molecule has 0 bridgehead atoms. The molecule has 0 aromatic carbocycles. The lowest BCUT2D eigenvalue weighted by Gasteiger charge is -2.27. The van der Waals surface area contributed by atoms with Gasteiger partial charge in [-0.25, -0.2) is 9.97 Å². The van der Waals surface area contributed by atoms with E-state index in [2.05, 4.69) is 44.8 Å². The van der Waals surface area contributed by atoms with Gasteiger partial charge in [0.25, 0.3) is 0 Å². The van der Waals surface area contributed by atoms with E-state index in [4.69, 9.17) is 9.97 Å². The van der Waals surface area contributed by atoms with Crippen molar-refractivity contribution in [2.24, 2.45) is 0 Å². The molecule has 21 heavy (non-hydrogen) atoms. The van der Waals surface area contributed by atoms with Gasteiger partial charge in [-0.15, -0.1) is 0 Å². The number of nitrogens with zero attached hydrogens (tertiary/aromatic N) is 3. The molecule has 0 saturated carbocycles. The van der Waals surface area contributed by atoms with Gasteiger partial charge in [0.1, 0.15) is 17.5 Å². The molecule has 1 heterocycles. The van der Waals surface area contributed by atoms with E-state index in [1.54, 1.807) is 0 Å². The Morgan fingerprint density at radius 2 is 1.86 bits per heavy atom. The molecule has 0 spiro atoms. The molecule has 5 heteroatoms. The van der Waals surface area contributed by atoms with E-state index in [0.29, 0.717) is 6.54 Å². The molecule has 1 rings (SSSR count). The lowest BCUT2D eigenvalue weighted by atomic mass is 9.95. The van der Waals surface area contributed by atoms with Gasteiger partial charge in [0.2, 0.25) is 0 Å². The Kier molecular flexibility index (Phi) is 6.40. The van der Waals surface area contributed by atoms with Crippen molar-refractivity contribution in [2.75, 3.05) is 36.5 Å². The molecule has 0 atom stereocenters. The molecule has 0 unspecified atom stereocenters. The maximum absolute atomic E-state index is 9.26. The van der Waals surface area contributed by atoms with Crippen LogP contribution in [0.4, 0.5) is 11.6 Å². The van der Waals surface area contributed by atoms with Crippen LogP contribution in [0.2, 0.25) is 0 Å². The van der Waals surface area contributed by atoms with E-state index in [1.165, 1.54) is 0 Å². The van der Waals surface area contributed by atoms with E-state index >= 15 is 0 Å². The third-order valence-electron chi connectivity index (χ3n) is 3.38. The number of nitrogens with one attached hydrogen (secondary N) is 1. The van der Waals surface area contributed by atoms with Crippen LogP contribution in [0.1, 0.15) is 52.4 Å². The van der Waals surface area contributed by atoms with Crippen LogP contribution in [0.15, 0.2) is 0 Å². The normalized spacial score (nSPS) is 11.6. The van der Waals surface area contributed by atoms with E-state index in [9.17, 15) is 5.11 Å². The quantitative estimate of drug-likeness (QED) is 0.809. The second-order valence-corrected chi connectivity index (χ2v) is 6.32. The van der Waals surface area contributed by atoms with Crippen molar-refractivity contribution in [1.82, 2.24) is 9.97 Å². The van der Waals surface area contributed by atoms with Gasteiger partial charge in [-0.1, -0.05) is 27.7 Å². The lowest BCUT2D eigenvalue weighted by Crippen LogP contribution is -2.30. The molecule has 120 valence electrons. The Balaban J connectivity index is 3.32. The molecular weight excluding hydrogens is 264 g/mol. The van der Waals surface area contributed by atoms with Gasteiger partial charge in [-0.2, -0.15) is 0 Å². The second-order valence-electron chi connectivity index (χ2n) is 6.32. The summed E-state index contributed by atoms with van der Waals surface area (Å²) in [4.78, 5) is 11.6. The van der Waals surface area contributed by atoms with Gasteiger partial charge >= 0.3 is 0 Å². The van der Waals surface area contributed by atoms with Crippen molar-refractivity contribution in [3.05, 3.63) is 11.4 Å².